The molecule has 1 saturated carbocycles. The van der Waals surface area contributed by atoms with Crippen LogP contribution in [0.5, 0.6) is 0 Å². The van der Waals surface area contributed by atoms with Gasteiger partial charge in [-0.3, -0.25) is 4.79 Å². The summed E-state index contributed by atoms with van der Waals surface area (Å²) in [6.07, 6.45) is 4.18. The average molecular weight is 278 g/mol. The predicted molar refractivity (Wildman–Crippen MR) is 77.5 cm³/mol. The third kappa shape index (κ3) is 3.57. The Morgan fingerprint density at radius 1 is 1.45 bits per heavy atom. The normalized spacial score (nSPS) is 24.1. The zero-order valence-electron chi connectivity index (χ0n) is 11.9. The van der Waals surface area contributed by atoms with Crippen LogP contribution in [-0.2, 0) is 4.79 Å². The Morgan fingerprint density at radius 2 is 2.20 bits per heavy atom. The van der Waals surface area contributed by atoms with E-state index in [9.17, 15) is 9.18 Å². The minimum atomic E-state index is -0.277. The summed E-state index contributed by atoms with van der Waals surface area (Å²) in [7, 11) is 0. The van der Waals surface area contributed by atoms with E-state index >= 15 is 0 Å². The molecule has 110 valence electrons. The van der Waals surface area contributed by atoms with Gasteiger partial charge < -0.3 is 11.1 Å². The molecular formula is C16H23FN2O. The Bertz CT molecular complexity index is 464. The van der Waals surface area contributed by atoms with Gasteiger partial charge in [-0.15, -0.1) is 0 Å². The van der Waals surface area contributed by atoms with E-state index in [1.54, 1.807) is 6.07 Å². The van der Waals surface area contributed by atoms with Crippen molar-refractivity contribution in [2.75, 3.05) is 6.54 Å². The van der Waals surface area contributed by atoms with E-state index in [0.717, 1.165) is 31.2 Å². The van der Waals surface area contributed by atoms with E-state index < -0.39 is 0 Å². The first-order valence-electron chi connectivity index (χ1n) is 7.37. The third-order valence-corrected chi connectivity index (χ3v) is 4.26. The molecule has 2 rings (SSSR count). The molecule has 1 amide bonds. The molecule has 1 aromatic carbocycles. The Balaban J connectivity index is 1.99. The van der Waals surface area contributed by atoms with E-state index in [1.807, 2.05) is 13.0 Å². The second-order valence-electron chi connectivity index (χ2n) is 5.67. The first kappa shape index (κ1) is 15.0. The van der Waals surface area contributed by atoms with Crippen LogP contribution in [-0.4, -0.2) is 12.5 Å². The highest BCUT2D eigenvalue weighted by molar-refractivity contribution is 5.79. The molecule has 4 heteroatoms. The Hall–Kier alpha value is -1.42. The van der Waals surface area contributed by atoms with E-state index in [-0.39, 0.29) is 29.6 Å². The monoisotopic (exact) mass is 278 g/mol. The number of nitrogens with two attached hydrogens (primary N) is 1. The summed E-state index contributed by atoms with van der Waals surface area (Å²) in [5, 5.41) is 3.00. The van der Waals surface area contributed by atoms with Crippen molar-refractivity contribution in [1.29, 1.82) is 0 Å². The first-order valence-corrected chi connectivity index (χ1v) is 7.37. The van der Waals surface area contributed by atoms with Gasteiger partial charge in [0.05, 0.1) is 6.04 Å². The number of hydrogen-bond donors (Lipinski definition) is 2. The summed E-state index contributed by atoms with van der Waals surface area (Å²) in [6, 6.07) is 6.18. The molecule has 1 fully saturated rings. The molecule has 2 unspecified atom stereocenters. The summed E-state index contributed by atoms with van der Waals surface area (Å²) >= 11 is 0. The highest BCUT2D eigenvalue weighted by Gasteiger charge is 2.30. The number of hydrogen-bond acceptors (Lipinski definition) is 2. The standard InChI is InChI=1S/C16H23FN2O/c1-11(12-6-4-7-14(17)9-12)19-16(20)15-8-3-2-5-13(15)10-18/h4,6-7,9,11,13,15H,2-3,5,8,10,18H2,1H3,(H,19,20)/t11-,13?,15?/m1/s1. The zero-order valence-corrected chi connectivity index (χ0v) is 11.9. The lowest BCUT2D eigenvalue weighted by Gasteiger charge is -2.30. The Labute approximate surface area is 119 Å². The smallest absolute Gasteiger partial charge is 0.223 e. The molecule has 0 spiro atoms. The summed E-state index contributed by atoms with van der Waals surface area (Å²) in [5.41, 5.74) is 6.55. The second kappa shape index (κ2) is 6.84. The summed E-state index contributed by atoms with van der Waals surface area (Å²) in [4.78, 5) is 12.4. The molecule has 3 atom stereocenters. The Kier molecular flexibility index (Phi) is 5.12. The predicted octanol–water partition coefficient (Wildman–Crippen LogP) is 2.77. The van der Waals surface area contributed by atoms with Gasteiger partial charge in [-0.1, -0.05) is 25.0 Å². The average Bonchev–Trinajstić information content (AvgIpc) is 2.47. The molecule has 0 aliphatic heterocycles. The van der Waals surface area contributed by atoms with Crippen LogP contribution in [0.25, 0.3) is 0 Å². The fourth-order valence-electron chi connectivity index (χ4n) is 3.01. The van der Waals surface area contributed by atoms with Gasteiger partial charge >= 0.3 is 0 Å². The van der Waals surface area contributed by atoms with Crippen LogP contribution in [0.4, 0.5) is 4.39 Å². The van der Waals surface area contributed by atoms with Crippen molar-refractivity contribution in [1.82, 2.24) is 5.32 Å². The SMILES string of the molecule is C[C@@H](NC(=O)C1CCCCC1CN)c1cccc(F)c1. The van der Waals surface area contributed by atoms with Crippen molar-refractivity contribution < 1.29 is 9.18 Å². The molecular weight excluding hydrogens is 255 g/mol. The van der Waals surface area contributed by atoms with Crippen molar-refractivity contribution in [3.05, 3.63) is 35.6 Å². The van der Waals surface area contributed by atoms with Gasteiger partial charge in [-0.05, 0) is 49.9 Å². The van der Waals surface area contributed by atoms with Crippen LogP contribution in [0.2, 0.25) is 0 Å². The minimum Gasteiger partial charge on any atom is -0.349 e. The van der Waals surface area contributed by atoms with E-state index in [4.69, 9.17) is 5.73 Å². The van der Waals surface area contributed by atoms with E-state index in [1.165, 1.54) is 12.1 Å². The van der Waals surface area contributed by atoms with Crippen LogP contribution in [0, 0.1) is 17.7 Å². The van der Waals surface area contributed by atoms with Crippen molar-refractivity contribution >= 4 is 5.91 Å². The maximum Gasteiger partial charge on any atom is 0.223 e. The van der Waals surface area contributed by atoms with Crippen molar-refractivity contribution in [2.45, 2.75) is 38.6 Å². The number of halogens is 1. The lowest BCUT2D eigenvalue weighted by Crippen LogP contribution is -2.40. The van der Waals surface area contributed by atoms with Crippen LogP contribution < -0.4 is 11.1 Å². The van der Waals surface area contributed by atoms with Crippen LogP contribution >= 0.6 is 0 Å². The fourth-order valence-corrected chi connectivity index (χ4v) is 3.01. The third-order valence-electron chi connectivity index (χ3n) is 4.26. The molecule has 0 saturated heterocycles. The lowest BCUT2D eigenvalue weighted by atomic mass is 9.78. The molecule has 0 aromatic heterocycles. The number of carbonyl (C=O) groups excluding carboxylic acids is 1. The highest BCUT2D eigenvalue weighted by atomic mass is 19.1. The van der Waals surface area contributed by atoms with Crippen molar-refractivity contribution in [2.24, 2.45) is 17.6 Å². The maximum absolute atomic E-state index is 13.2. The largest absolute Gasteiger partial charge is 0.349 e. The number of carbonyl (C=O) groups is 1. The van der Waals surface area contributed by atoms with Gasteiger partial charge in [-0.25, -0.2) is 4.39 Å². The van der Waals surface area contributed by atoms with Gasteiger partial charge in [0.15, 0.2) is 0 Å². The van der Waals surface area contributed by atoms with Crippen LogP contribution in [0.15, 0.2) is 24.3 Å². The van der Waals surface area contributed by atoms with Gasteiger partial charge in [0.2, 0.25) is 5.91 Å². The number of amides is 1. The fraction of sp³-hybridized carbons (Fsp3) is 0.562. The summed E-state index contributed by atoms with van der Waals surface area (Å²) < 4.78 is 13.2. The van der Waals surface area contributed by atoms with Crippen LogP contribution in [0.3, 0.4) is 0 Å². The topological polar surface area (TPSA) is 55.1 Å². The molecule has 1 aliphatic rings. The Morgan fingerprint density at radius 3 is 2.90 bits per heavy atom. The molecule has 3 N–H and O–H groups in total. The van der Waals surface area contributed by atoms with Crippen molar-refractivity contribution in [3.8, 4) is 0 Å². The molecule has 20 heavy (non-hydrogen) atoms. The maximum atomic E-state index is 13.2. The first-order chi connectivity index (χ1) is 9.61. The molecule has 0 radical (unpaired) electrons. The van der Waals surface area contributed by atoms with Crippen molar-refractivity contribution in [3.63, 3.8) is 0 Å². The molecule has 0 heterocycles. The van der Waals surface area contributed by atoms with Crippen LogP contribution in [0.1, 0.15) is 44.2 Å². The van der Waals surface area contributed by atoms with Gasteiger partial charge in [0, 0.05) is 5.92 Å². The van der Waals surface area contributed by atoms with Gasteiger partial charge in [-0.2, -0.15) is 0 Å². The number of nitrogens with one attached hydrogen (secondary N) is 1. The van der Waals surface area contributed by atoms with Gasteiger partial charge in [0.1, 0.15) is 5.82 Å². The van der Waals surface area contributed by atoms with Gasteiger partial charge in [0.25, 0.3) is 0 Å². The molecule has 0 bridgehead atoms. The number of rotatable bonds is 4. The summed E-state index contributed by atoms with van der Waals surface area (Å²) in [6.45, 7) is 2.44. The van der Waals surface area contributed by atoms with E-state index in [0.29, 0.717) is 6.54 Å². The molecule has 1 aromatic rings. The summed E-state index contributed by atoms with van der Waals surface area (Å²) in [5.74, 6) is 0.0613. The zero-order chi connectivity index (χ0) is 14.5. The molecule has 1 aliphatic carbocycles. The van der Waals surface area contributed by atoms with E-state index in [2.05, 4.69) is 5.32 Å². The quantitative estimate of drug-likeness (QED) is 0.889. The lowest BCUT2D eigenvalue weighted by molar-refractivity contribution is -0.128. The second-order valence-corrected chi connectivity index (χ2v) is 5.67. The number of benzene rings is 1. The highest BCUT2D eigenvalue weighted by Crippen LogP contribution is 2.30. The molecule has 3 nitrogen and oxygen atoms in total. The minimum absolute atomic E-state index is 0.00441.